The van der Waals surface area contributed by atoms with E-state index < -0.39 is 17.9 Å². The van der Waals surface area contributed by atoms with E-state index in [1.54, 1.807) is 14.0 Å². The lowest BCUT2D eigenvalue weighted by Crippen LogP contribution is -2.49. The van der Waals surface area contributed by atoms with E-state index in [9.17, 15) is 9.59 Å². The third-order valence-corrected chi connectivity index (χ3v) is 2.68. The van der Waals surface area contributed by atoms with Crippen LogP contribution < -0.4 is 5.73 Å². The molecular formula is C11H20N2O4. The van der Waals surface area contributed by atoms with Crippen LogP contribution >= 0.6 is 0 Å². The van der Waals surface area contributed by atoms with Gasteiger partial charge >= 0.3 is 5.97 Å². The summed E-state index contributed by atoms with van der Waals surface area (Å²) in [7, 11) is 1.61. The summed E-state index contributed by atoms with van der Waals surface area (Å²) in [6.45, 7) is 3.09. The number of rotatable bonds is 5. The number of carbonyl (C=O) groups excluding carboxylic acids is 2. The summed E-state index contributed by atoms with van der Waals surface area (Å²) < 4.78 is 10.1. The number of esters is 1. The van der Waals surface area contributed by atoms with Crippen molar-refractivity contribution in [3.8, 4) is 0 Å². The minimum absolute atomic E-state index is 0.0540. The SMILES string of the molecule is CCOC(=O)C(N)C(=O)N(C)CC1CCCO1. The van der Waals surface area contributed by atoms with Crippen molar-refractivity contribution in [1.82, 2.24) is 4.90 Å². The van der Waals surface area contributed by atoms with Crippen LogP contribution in [0.2, 0.25) is 0 Å². The lowest BCUT2D eigenvalue weighted by molar-refractivity contribution is -0.150. The van der Waals surface area contributed by atoms with Gasteiger partial charge in [0, 0.05) is 20.2 Å². The molecule has 1 aliphatic heterocycles. The first kappa shape index (κ1) is 13.9. The van der Waals surface area contributed by atoms with Crippen LogP contribution in [0.3, 0.4) is 0 Å². The third kappa shape index (κ3) is 3.98. The minimum Gasteiger partial charge on any atom is -0.464 e. The number of hydrogen-bond acceptors (Lipinski definition) is 5. The molecule has 98 valence electrons. The summed E-state index contributed by atoms with van der Waals surface area (Å²) in [5.41, 5.74) is 5.52. The lowest BCUT2D eigenvalue weighted by atomic mass is 10.2. The molecule has 2 unspecified atom stereocenters. The van der Waals surface area contributed by atoms with Crippen molar-refractivity contribution in [3.63, 3.8) is 0 Å². The summed E-state index contributed by atoms with van der Waals surface area (Å²) in [6, 6.07) is -1.23. The first-order valence-corrected chi connectivity index (χ1v) is 5.85. The Hall–Kier alpha value is -1.14. The zero-order chi connectivity index (χ0) is 12.8. The minimum atomic E-state index is -1.23. The number of nitrogens with zero attached hydrogens (tertiary/aromatic N) is 1. The predicted molar refractivity (Wildman–Crippen MR) is 61.2 cm³/mol. The largest absolute Gasteiger partial charge is 0.464 e. The van der Waals surface area contributed by atoms with E-state index >= 15 is 0 Å². The van der Waals surface area contributed by atoms with Gasteiger partial charge < -0.3 is 20.1 Å². The van der Waals surface area contributed by atoms with Crippen LogP contribution in [-0.2, 0) is 19.1 Å². The van der Waals surface area contributed by atoms with Crippen LogP contribution in [0.5, 0.6) is 0 Å². The molecule has 1 aliphatic rings. The van der Waals surface area contributed by atoms with Crippen LogP contribution in [-0.4, -0.2) is 55.7 Å². The van der Waals surface area contributed by atoms with Crippen molar-refractivity contribution in [1.29, 1.82) is 0 Å². The summed E-state index contributed by atoms with van der Waals surface area (Å²) in [4.78, 5) is 24.5. The normalized spacial score (nSPS) is 21.0. The van der Waals surface area contributed by atoms with Crippen molar-refractivity contribution < 1.29 is 19.1 Å². The van der Waals surface area contributed by atoms with Crippen LogP contribution in [0.15, 0.2) is 0 Å². The first-order chi connectivity index (χ1) is 8.06. The predicted octanol–water partition coefficient (Wildman–Crippen LogP) is -0.486. The van der Waals surface area contributed by atoms with E-state index in [0.717, 1.165) is 19.4 Å². The van der Waals surface area contributed by atoms with Gasteiger partial charge in [-0.25, -0.2) is 4.79 Å². The fourth-order valence-corrected chi connectivity index (χ4v) is 1.75. The third-order valence-electron chi connectivity index (χ3n) is 2.68. The van der Waals surface area contributed by atoms with Gasteiger partial charge in [0.2, 0.25) is 0 Å². The number of carbonyl (C=O) groups is 2. The molecule has 0 aromatic carbocycles. The average molecular weight is 244 g/mol. The van der Waals surface area contributed by atoms with Crippen LogP contribution in [0.25, 0.3) is 0 Å². The lowest BCUT2D eigenvalue weighted by Gasteiger charge is -2.23. The Morgan fingerprint density at radius 3 is 2.82 bits per heavy atom. The molecule has 2 atom stereocenters. The summed E-state index contributed by atoms with van der Waals surface area (Å²) in [5, 5.41) is 0. The molecule has 1 saturated heterocycles. The molecule has 17 heavy (non-hydrogen) atoms. The van der Waals surface area contributed by atoms with E-state index in [0.29, 0.717) is 6.54 Å². The number of nitrogens with two attached hydrogens (primary N) is 1. The van der Waals surface area contributed by atoms with Crippen molar-refractivity contribution in [2.45, 2.75) is 31.9 Å². The maximum Gasteiger partial charge on any atom is 0.332 e. The van der Waals surface area contributed by atoms with Gasteiger partial charge in [0.25, 0.3) is 5.91 Å². The molecule has 0 aliphatic carbocycles. The fourth-order valence-electron chi connectivity index (χ4n) is 1.75. The Kier molecular flexibility index (Phi) is 5.37. The zero-order valence-corrected chi connectivity index (χ0v) is 10.3. The average Bonchev–Trinajstić information content (AvgIpc) is 2.80. The highest BCUT2D eigenvalue weighted by molar-refractivity contribution is 6.01. The Morgan fingerprint density at radius 2 is 2.29 bits per heavy atom. The highest BCUT2D eigenvalue weighted by atomic mass is 16.5. The van der Waals surface area contributed by atoms with E-state index in [-0.39, 0.29) is 12.7 Å². The molecule has 0 aromatic rings. The van der Waals surface area contributed by atoms with Gasteiger partial charge in [-0.2, -0.15) is 0 Å². The number of hydrogen-bond donors (Lipinski definition) is 1. The van der Waals surface area contributed by atoms with Gasteiger partial charge in [0.1, 0.15) is 0 Å². The molecular weight excluding hydrogens is 224 g/mol. The topological polar surface area (TPSA) is 81.9 Å². The van der Waals surface area contributed by atoms with Gasteiger partial charge in [0.15, 0.2) is 6.04 Å². The Balaban J connectivity index is 2.41. The van der Waals surface area contributed by atoms with Crippen LogP contribution in [0.4, 0.5) is 0 Å². The molecule has 0 bridgehead atoms. The molecule has 0 radical (unpaired) electrons. The molecule has 1 amide bonds. The van der Waals surface area contributed by atoms with Crippen molar-refractivity contribution in [3.05, 3.63) is 0 Å². The highest BCUT2D eigenvalue weighted by Crippen LogP contribution is 2.13. The molecule has 6 nitrogen and oxygen atoms in total. The Labute approximate surface area is 101 Å². The summed E-state index contributed by atoms with van der Waals surface area (Å²) in [6.07, 6.45) is 2.00. The first-order valence-electron chi connectivity index (χ1n) is 5.85. The second kappa shape index (κ2) is 6.56. The van der Waals surface area contributed by atoms with E-state index in [4.69, 9.17) is 15.2 Å². The molecule has 1 heterocycles. The van der Waals surface area contributed by atoms with Gasteiger partial charge in [-0.05, 0) is 19.8 Å². The maximum absolute atomic E-state index is 11.8. The van der Waals surface area contributed by atoms with E-state index in [2.05, 4.69) is 0 Å². The molecule has 6 heteroatoms. The molecule has 2 N–H and O–H groups in total. The van der Waals surface area contributed by atoms with Gasteiger partial charge in [-0.3, -0.25) is 4.79 Å². The molecule has 0 saturated carbocycles. The summed E-state index contributed by atoms with van der Waals surface area (Å²) in [5.74, 6) is -1.12. The van der Waals surface area contributed by atoms with Crippen molar-refractivity contribution >= 4 is 11.9 Å². The monoisotopic (exact) mass is 244 g/mol. The number of amides is 1. The van der Waals surface area contributed by atoms with Gasteiger partial charge in [0.05, 0.1) is 12.7 Å². The smallest absolute Gasteiger partial charge is 0.332 e. The number of likely N-dealkylation sites (N-methyl/N-ethyl adjacent to an activating group) is 1. The molecule has 0 spiro atoms. The molecule has 1 rings (SSSR count). The maximum atomic E-state index is 11.8. The number of ether oxygens (including phenoxy) is 2. The van der Waals surface area contributed by atoms with Gasteiger partial charge in [-0.15, -0.1) is 0 Å². The standard InChI is InChI=1S/C11H20N2O4/c1-3-16-11(15)9(12)10(14)13(2)7-8-5-4-6-17-8/h8-9H,3-7,12H2,1-2H3. The summed E-state index contributed by atoms with van der Waals surface area (Å²) >= 11 is 0. The zero-order valence-electron chi connectivity index (χ0n) is 10.3. The van der Waals surface area contributed by atoms with Gasteiger partial charge in [-0.1, -0.05) is 0 Å². The Bertz CT molecular complexity index is 277. The van der Waals surface area contributed by atoms with Crippen molar-refractivity contribution in [2.75, 3.05) is 26.8 Å². The van der Waals surface area contributed by atoms with Crippen molar-refractivity contribution in [2.24, 2.45) is 5.73 Å². The second-order valence-corrected chi connectivity index (χ2v) is 4.08. The van der Waals surface area contributed by atoms with E-state index in [1.807, 2.05) is 0 Å². The molecule has 1 fully saturated rings. The Morgan fingerprint density at radius 1 is 1.59 bits per heavy atom. The van der Waals surface area contributed by atoms with E-state index in [1.165, 1.54) is 4.90 Å². The quantitative estimate of drug-likeness (QED) is 0.521. The second-order valence-electron chi connectivity index (χ2n) is 4.08. The fraction of sp³-hybridized carbons (Fsp3) is 0.818. The van der Waals surface area contributed by atoms with Crippen LogP contribution in [0.1, 0.15) is 19.8 Å². The van der Waals surface area contributed by atoms with Crippen LogP contribution in [0, 0.1) is 0 Å². The molecule has 0 aromatic heterocycles. The highest BCUT2D eigenvalue weighted by Gasteiger charge is 2.28.